The highest BCUT2D eigenvalue weighted by atomic mass is 79.9. The molecule has 0 aliphatic rings. The zero-order chi connectivity index (χ0) is 18.2. The molecule has 0 bridgehead atoms. The molecule has 3 aromatic rings. The average molecular weight is 427 g/mol. The summed E-state index contributed by atoms with van der Waals surface area (Å²) in [6.07, 6.45) is 1.34. The van der Waals surface area contributed by atoms with Gasteiger partial charge in [0.15, 0.2) is 0 Å². The van der Waals surface area contributed by atoms with Crippen LogP contribution in [0, 0.1) is 11.6 Å². The average Bonchev–Trinajstić information content (AvgIpc) is 3.00. The van der Waals surface area contributed by atoms with E-state index in [9.17, 15) is 17.2 Å². The standard InChI is InChI=1S/C17H13BrF2N2O2S/c18-12-2-1-3-14(7-12)25(23,24)22-10-11(9-21)6-17(22)15-5-4-13(19)8-16(15)20/h1-8,10H,9,21H2. The maximum atomic E-state index is 14.2. The van der Waals surface area contributed by atoms with Crippen LogP contribution in [0.5, 0.6) is 0 Å². The molecular weight excluding hydrogens is 414 g/mol. The number of halogens is 3. The second-order valence-electron chi connectivity index (χ2n) is 5.32. The van der Waals surface area contributed by atoms with Crippen LogP contribution in [0.2, 0.25) is 0 Å². The normalized spacial score (nSPS) is 11.7. The molecule has 0 saturated carbocycles. The summed E-state index contributed by atoms with van der Waals surface area (Å²) in [5, 5.41) is 0. The van der Waals surface area contributed by atoms with Gasteiger partial charge in [-0.1, -0.05) is 22.0 Å². The molecular formula is C17H13BrF2N2O2S. The van der Waals surface area contributed by atoms with E-state index in [2.05, 4.69) is 15.9 Å². The fourth-order valence-electron chi connectivity index (χ4n) is 2.44. The van der Waals surface area contributed by atoms with E-state index in [0.29, 0.717) is 16.1 Å². The Morgan fingerprint density at radius 3 is 2.48 bits per heavy atom. The maximum Gasteiger partial charge on any atom is 0.268 e. The largest absolute Gasteiger partial charge is 0.326 e. The minimum absolute atomic E-state index is 0.0281. The lowest BCUT2D eigenvalue weighted by Crippen LogP contribution is -2.13. The molecule has 2 aromatic carbocycles. The Labute approximate surface area is 152 Å². The minimum atomic E-state index is -3.99. The van der Waals surface area contributed by atoms with Gasteiger partial charge in [0.05, 0.1) is 10.6 Å². The smallest absolute Gasteiger partial charge is 0.268 e. The van der Waals surface area contributed by atoms with Crippen molar-refractivity contribution in [3.05, 3.63) is 76.4 Å². The van der Waals surface area contributed by atoms with Gasteiger partial charge < -0.3 is 5.73 Å². The van der Waals surface area contributed by atoms with E-state index in [1.54, 1.807) is 12.1 Å². The van der Waals surface area contributed by atoms with Crippen molar-refractivity contribution in [3.8, 4) is 11.3 Å². The fourth-order valence-corrected chi connectivity index (χ4v) is 4.43. The van der Waals surface area contributed by atoms with Crippen LogP contribution in [0.25, 0.3) is 11.3 Å². The molecule has 0 amide bonds. The van der Waals surface area contributed by atoms with Crippen LogP contribution in [0.1, 0.15) is 5.56 Å². The number of hydrogen-bond donors (Lipinski definition) is 1. The number of aromatic nitrogens is 1. The summed E-state index contributed by atoms with van der Waals surface area (Å²) in [7, 11) is -3.99. The minimum Gasteiger partial charge on any atom is -0.326 e. The first kappa shape index (κ1) is 17.8. The molecule has 25 heavy (non-hydrogen) atoms. The van der Waals surface area contributed by atoms with Crippen molar-refractivity contribution in [3.63, 3.8) is 0 Å². The first-order valence-electron chi connectivity index (χ1n) is 7.21. The van der Waals surface area contributed by atoms with Crippen molar-refractivity contribution in [2.75, 3.05) is 0 Å². The van der Waals surface area contributed by atoms with Gasteiger partial charge in [-0.05, 0) is 42.0 Å². The van der Waals surface area contributed by atoms with Crippen LogP contribution >= 0.6 is 15.9 Å². The maximum absolute atomic E-state index is 14.2. The van der Waals surface area contributed by atoms with Gasteiger partial charge in [0.1, 0.15) is 11.6 Å². The highest BCUT2D eigenvalue weighted by molar-refractivity contribution is 9.10. The van der Waals surface area contributed by atoms with E-state index in [0.717, 1.165) is 10.0 Å². The van der Waals surface area contributed by atoms with E-state index < -0.39 is 21.7 Å². The Bertz CT molecular complexity index is 1050. The molecule has 0 radical (unpaired) electrons. The van der Waals surface area contributed by atoms with Crippen LogP contribution in [0.3, 0.4) is 0 Å². The molecule has 3 rings (SSSR count). The monoisotopic (exact) mass is 426 g/mol. The summed E-state index contributed by atoms with van der Waals surface area (Å²) in [4.78, 5) is 0.0322. The molecule has 1 heterocycles. The lowest BCUT2D eigenvalue weighted by atomic mass is 10.1. The third-order valence-electron chi connectivity index (χ3n) is 3.64. The third-order valence-corrected chi connectivity index (χ3v) is 5.80. The van der Waals surface area contributed by atoms with Gasteiger partial charge in [-0.2, -0.15) is 0 Å². The molecule has 4 nitrogen and oxygen atoms in total. The molecule has 0 fully saturated rings. The number of rotatable bonds is 4. The first-order valence-corrected chi connectivity index (χ1v) is 9.44. The topological polar surface area (TPSA) is 65.1 Å². The number of nitrogens with two attached hydrogens (primary N) is 1. The fraction of sp³-hybridized carbons (Fsp3) is 0.0588. The van der Waals surface area contributed by atoms with Gasteiger partial charge in [-0.15, -0.1) is 0 Å². The van der Waals surface area contributed by atoms with E-state index in [4.69, 9.17) is 5.73 Å². The van der Waals surface area contributed by atoms with E-state index in [1.807, 2.05) is 0 Å². The van der Waals surface area contributed by atoms with Crippen LogP contribution in [0.4, 0.5) is 8.78 Å². The van der Waals surface area contributed by atoms with Crippen LogP contribution in [-0.4, -0.2) is 12.4 Å². The van der Waals surface area contributed by atoms with Gasteiger partial charge in [0.25, 0.3) is 10.0 Å². The first-order chi connectivity index (χ1) is 11.8. The van der Waals surface area contributed by atoms with Crippen molar-refractivity contribution in [1.29, 1.82) is 0 Å². The van der Waals surface area contributed by atoms with Gasteiger partial charge in [-0.3, -0.25) is 0 Å². The lowest BCUT2D eigenvalue weighted by molar-refractivity contribution is 0.583. The summed E-state index contributed by atoms with van der Waals surface area (Å²) in [5.41, 5.74) is 6.17. The molecule has 0 aliphatic heterocycles. The summed E-state index contributed by atoms with van der Waals surface area (Å²) in [6, 6.07) is 10.6. The Morgan fingerprint density at radius 2 is 1.84 bits per heavy atom. The van der Waals surface area contributed by atoms with E-state index in [1.165, 1.54) is 30.5 Å². The molecule has 2 N–H and O–H groups in total. The predicted octanol–water partition coefficient (Wildman–Crippen LogP) is 3.89. The van der Waals surface area contributed by atoms with Crippen molar-refractivity contribution in [2.45, 2.75) is 11.4 Å². The highest BCUT2D eigenvalue weighted by Gasteiger charge is 2.23. The predicted molar refractivity (Wildman–Crippen MR) is 94.4 cm³/mol. The van der Waals surface area contributed by atoms with Gasteiger partial charge in [0.2, 0.25) is 0 Å². The summed E-state index contributed by atoms with van der Waals surface area (Å²) in [6.45, 7) is 0.0802. The van der Waals surface area contributed by atoms with Gasteiger partial charge in [-0.25, -0.2) is 21.2 Å². The van der Waals surface area contributed by atoms with E-state index >= 15 is 0 Å². The Morgan fingerprint density at radius 1 is 1.08 bits per heavy atom. The Hall–Kier alpha value is -2.03. The van der Waals surface area contributed by atoms with Gasteiger partial charge >= 0.3 is 0 Å². The molecule has 0 aliphatic carbocycles. The molecule has 0 spiro atoms. The number of hydrogen-bond acceptors (Lipinski definition) is 3. The summed E-state index contributed by atoms with van der Waals surface area (Å²) < 4.78 is 54.9. The van der Waals surface area contributed by atoms with Crippen LogP contribution in [-0.2, 0) is 16.6 Å². The van der Waals surface area contributed by atoms with Crippen LogP contribution < -0.4 is 5.73 Å². The highest BCUT2D eigenvalue weighted by Crippen LogP contribution is 2.30. The zero-order valence-electron chi connectivity index (χ0n) is 12.8. The van der Waals surface area contributed by atoms with Crippen molar-refractivity contribution in [1.82, 2.24) is 3.97 Å². The lowest BCUT2D eigenvalue weighted by Gasteiger charge is -2.11. The quantitative estimate of drug-likeness (QED) is 0.687. The summed E-state index contributed by atoms with van der Waals surface area (Å²) >= 11 is 3.23. The Kier molecular flexibility index (Phi) is 4.77. The van der Waals surface area contributed by atoms with Gasteiger partial charge in [0, 0.05) is 28.8 Å². The SMILES string of the molecule is NCc1cc(-c2ccc(F)cc2F)n(S(=O)(=O)c2cccc(Br)c2)c1. The molecule has 1 aromatic heterocycles. The molecule has 0 atom stereocenters. The zero-order valence-corrected chi connectivity index (χ0v) is 15.2. The molecule has 8 heteroatoms. The van der Waals surface area contributed by atoms with Crippen molar-refractivity contribution in [2.24, 2.45) is 5.73 Å². The third kappa shape index (κ3) is 3.37. The molecule has 0 saturated heterocycles. The molecule has 130 valence electrons. The second kappa shape index (κ2) is 6.70. The van der Waals surface area contributed by atoms with Crippen molar-refractivity contribution < 1.29 is 17.2 Å². The second-order valence-corrected chi connectivity index (χ2v) is 8.05. The Balaban J connectivity index is 2.25. The molecule has 0 unspecified atom stereocenters. The summed E-state index contributed by atoms with van der Waals surface area (Å²) in [5.74, 6) is -1.60. The van der Waals surface area contributed by atoms with Crippen LogP contribution in [0.15, 0.2) is 64.1 Å². The van der Waals surface area contributed by atoms with E-state index in [-0.39, 0.29) is 22.7 Å². The van der Waals surface area contributed by atoms with Crippen molar-refractivity contribution >= 4 is 26.0 Å². The number of benzene rings is 2. The number of nitrogens with zero attached hydrogens (tertiary/aromatic N) is 1.